The van der Waals surface area contributed by atoms with Crippen LogP contribution in [0.5, 0.6) is 0 Å². The number of rotatable bonds is 6. The maximum Gasteiger partial charge on any atom is 0.337 e. The van der Waals surface area contributed by atoms with Crippen molar-refractivity contribution in [2.45, 2.75) is 18.0 Å². The van der Waals surface area contributed by atoms with Gasteiger partial charge in [-0.05, 0) is 17.7 Å². The third-order valence-corrected chi connectivity index (χ3v) is 6.38. The summed E-state index contributed by atoms with van der Waals surface area (Å²) < 4.78 is 56.7. The van der Waals surface area contributed by atoms with Crippen LogP contribution in [0.2, 0.25) is 0 Å². The van der Waals surface area contributed by atoms with Gasteiger partial charge in [0.2, 0.25) is 10.0 Å². The number of alkyl halides is 2. The molecule has 28 heavy (non-hydrogen) atoms. The molecule has 0 saturated carbocycles. The summed E-state index contributed by atoms with van der Waals surface area (Å²) in [5.74, 6) is -0.402. The lowest BCUT2D eigenvalue weighted by atomic mass is 10.1. The van der Waals surface area contributed by atoms with Gasteiger partial charge in [0.25, 0.3) is 0 Å². The van der Waals surface area contributed by atoms with Gasteiger partial charge in [0, 0.05) is 32.7 Å². The molecule has 0 unspecified atom stereocenters. The zero-order valence-electron chi connectivity index (χ0n) is 15.2. The van der Waals surface area contributed by atoms with Gasteiger partial charge in [-0.2, -0.15) is 18.2 Å². The van der Waals surface area contributed by atoms with Crippen LogP contribution in [-0.2, 0) is 21.3 Å². The van der Waals surface area contributed by atoms with Crippen LogP contribution in [0.1, 0.15) is 22.5 Å². The average Bonchev–Trinajstić information content (AvgIpc) is 3.20. The van der Waals surface area contributed by atoms with Crippen molar-refractivity contribution in [3.05, 3.63) is 47.8 Å². The van der Waals surface area contributed by atoms with E-state index in [1.54, 1.807) is 12.1 Å². The number of aromatic nitrogens is 2. The van der Waals surface area contributed by atoms with E-state index in [2.05, 4.69) is 14.7 Å². The Hall–Kier alpha value is -2.37. The van der Waals surface area contributed by atoms with Crippen molar-refractivity contribution < 1.29 is 26.7 Å². The van der Waals surface area contributed by atoms with E-state index in [-0.39, 0.29) is 18.0 Å². The molecule has 8 nitrogen and oxygen atoms in total. The molecular formula is C17H20F2N4O4S. The normalized spacial score (nSPS) is 16.4. The van der Waals surface area contributed by atoms with Gasteiger partial charge in [0.1, 0.15) is 4.90 Å². The highest BCUT2D eigenvalue weighted by Crippen LogP contribution is 2.20. The first-order valence-corrected chi connectivity index (χ1v) is 9.97. The van der Waals surface area contributed by atoms with Crippen LogP contribution in [0.4, 0.5) is 8.78 Å². The van der Waals surface area contributed by atoms with Crippen molar-refractivity contribution in [2.75, 3.05) is 33.3 Å². The van der Waals surface area contributed by atoms with E-state index in [0.717, 1.165) is 18.0 Å². The number of carbonyl (C=O) groups is 1. The Morgan fingerprint density at radius 2 is 1.82 bits per heavy atom. The Morgan fingerprint density at radius 1 is 1.18 bits per heavy atom. The fraction of sp³-hybridized carbons (Fsp3) is 0.412. The number of ether oxygens (including phenoxy) is 1. The highest BCUT2D eigenvalue weighted by Gasteiger charge is 2.30. The molecule has 0 aliphatic carbocycles. The highest BCUT2D eigenvalue weighted by atomic mass is 32.2. The van der Waals surface area contributed by atoms with Crippen molar-refractivity contribution in [1.29, 1.82) is 0 Å². The van der Waals surface area contributed by atoms with Gasteiger partial charge in [0.15, 0.2) is 0 Å². The standard InChI is InChI=1S/C17H20F2N4O4S/c1-27-16(24)14-4-2-13(3-5-14)11-21-6-8-22(9-7-21)28(25,26)15-10-20-23(12-15)17(18)19/h2-5,10,12,17H,6-9,11H2,1H3. The number of piperazine rings is 1. The molecule has 152 valence electrons. The minimum Gasteiger partial charge on any atom is -0.465 e. The van der Waals surface area contributed by atoms with Gasteiger partial charge in [-0.15, -0.1) is 0 Å². The number of hydrogen-bond donors (Lipinski definition) is 0. The molecule has 3 rings (SSSR count). The topological polar surface area (TPSA) is 84.7 Å². The molecule has 0 spiro atoms. The molecule has 11 heteroatoms. The third kappa shape index (κ3) is 4.37. The van der Waals surface area contributed by atoms with Crippen LogP contribution in [0, 0.1) is 0 Å². The van der Waals surface area contributed by atoms with Crippen molar-refractivity contribution in [2.24, 2.45) is 0 Å². The van der Waals surface area contributed by atoms with Crippen LogP contribution in [0.25, 0.3) is 0 Å². The number of hydrogen-bond acceptors (Lipinski definition) is 6. The number of methoxy groups -OCH3 is 1. The molecule has 1 aliphatic rings. The van der Waals surface area contributed by atoms with E-state index in [9.17, 15) is 22.0 Å². The molecule has 2 heterocycles. The van der Waals surface area contributed by atoms with Gasteiger partial charge in [-0.3, -0.25) is 4.90 Å². The van der Waals surface area contributed by atoms with Crippen LogP contribution in [0.3, 0.4) is 0 Å². The summed E-state index contributed by atoms with van der Waals surface area (Å²) in [6, 6.07) is 7.02. The molecule has 0 amide bonds. The molecule has 0 N–H and O–H groups in total. The average molecular weight is 414 g/mol. The van der Waals surface area contributed by atoms with Gasteiger partial charge in [0.05, 0.1) is 25.1 Å². The number of nitrogens with zero attached hydrogens (tertiary/aromatic N) is 4. The number of carbonyl (C=O) groups excluding carboxylic acids is 1. The lowest BCUT2D eigenvalue weighted by molar-refractivity contribution is 0.0562. The molecule has 1 aromatic heterocycles. The fourth-order valence-corrected chi connectivity index (χ4v) is 4.32. The first-order valence-electron chi connectivity index (χ1n) is 8.53. The van der Waals surface area contributed by atoms with E-state index in [4.69, 9.17) is 0 Å². The maximum atomic E-state index is 12.6. The van der Waals surface area contributed by atoms with Crippen LogP contribution in [-0.4, -0.2) is 66.7 Å². The predicted octanol–water partition coefficient (Wildman–Crippen LogP) is 1.57. The zero-order valence-corrected chi connectivity index (χ0v) is 16.0. The molecule has 0 radical (unpaired) electrons. The third-order valence-electron chi connectivity index (χ3n) is 4.53. The second-order valence-corrected chi connectivity index (χ2v) is 8.24. The van der Waals surface area contributed by atoms with Gasteiger partial charge in [-0.25, -0.2) is 17.9 Å². The summed E-state index contributed by atoms with van der Waals surface area (Å²) in [7, 11) is -2.53. The Labute approximate surface area is 161 Å². The Balaban J connectivity index is 1.58. The van der Waals surface area contributed by atoms with Crippen LogP contribution < -0.4 is 0 Å². The van der Waals surface area contributed by atoms with Crippen molar-refractivity contribution >= 4 is 16.0 Å². The van der Waals surface area contributed by atoms with E-state index in [0.29, 0.717) is 29.9 Å². The predicted molar refractivity (Wildman–Crippen MR) is 95.3 cm³/mol. The smallest absolute Gasteiger partial charge is 0.337 e. The second kappa shape index (κ2) is 8.33. The number of sulfonamides is 1. The van der Waals surface area contributed by atoms with E-state index >= 15 is 0 Å². The van der Waals surface area contributed by atoms with Crippen molar-refractivity contribution in [3.63, 3.8) is 0 Å². The van der Waals surface area contributed by atoms with Crippen molar-refractivity contribution in [3.8, 4) is 0 Å². The van der Waals surface area contributed by atoms with E-state index in [1.807, 2.05) is 12.1 Å². The second-order valence-electron chi connectivity index (χ2n) is 6.30. The molecule has 1 aromatic carbocycles. The number of benzene rings is 1. The molecule has 1 saturated heterocycles. The molecule has 1 aliphatic heterocycles. The largest absolute Gasteiger partial charge is 0.465 e. The molecule has 0 bridgehead atoms. The minimum atomic E-state index is -3.85. The van der Waals surface area contributed by atoms with Crippen LogP contribution in [0.15, 0.2) is 41.6 Å². The SMILES string of the molecule is COC(=O)c1ccc(CN2CCN(S(=O)(=O)c3cnn(C(F)F)c3)CC2)cc1. The maximum absolute atomic E-state index is 12.6. The van der Waals surface area contributed by atoms with E-state index in [1.165, 1.54) is 11.4 Å². The minimum absolute atomic E-state index is 0.236. The molecule has 0 atom stereocenters. The number of halogens is 2. The summed E-state index contributed by atoms with van der Waals surface area (Å²) in [6.07, 6.45) is 1.78. The fourth-order valence-electron chi connectivity index (χ4n) is 2.96. The molecular weight excluding hydrogens is 394 g/mol. The quantitative estimate of drug-likeness (QED) is 0.668. The zero-order chi connectivity index (χ0) is 20.3. The summed E-state index contributed by atoms with van der Waals surface area (Å²) in [5.41, 5.74) is 1.45. The number of esters is 1. The summed E-state index contributed by atoms with van der Waals surface area (Å²) >= 11 is 0. The first kappa shape index (κ1) is 20.4. The van der Waals surface area contributed by atoms with Gasteiger partial charge in [-0.1, -0.05) is 12.1 Å². The Bertz CT molecular complexity index is 923. The Kier molecular flexibility index (Phi) is 6.06. The lowest BCUT2D eigenvalue weighted by Gasteiger charge is -2.33. The summed E-state index contributed by atoms with van der Waals surface area (Å²) in [4.78, 5) is 13.3. The highest BCUT2D eigenvalue weighted by molar-refractivity contribution is 7.89. The first-order chi connectivity index (χ1) is 13.3. The summed E-state index contributed by atoms with van der Waals surface area (Å²) in [5, 5.41) is 3.39. The molecule has 2 aromatic rings. The van der Waals surface area contributed by atoms with Crippen molar-refractivity contribution in [1.82, 2.24) is 19.0 Å². The van der Waals surface area contributed by atoms with Crippen LogP contribution >= 0.6 is 0 Å². The molecule has 1 fully saturated rings. The monoisotopic (exact) mass is 414 g/mol. The lowest BCUT2D eigenvalue weighted by Crippen LogP contribution is -2.48. The van der Waals surface area contributed by atoms with Gasteiger partial charge < -0.3 is 4.74 Å². The van der Waals surface area contributed by atoms with E-state index < -0.39 is 22.5 Å². The summed E-state index contributed by atoms with van der Waals surface area (Å²) in [6.45, 7) is -0.766. The Morgan fingerprint density at radius 3 is 2.36 bits per heavy atom. The van der Waals surface area contributed by atoms with Gasteiger partial charge >= 0.3 is 12.5 Å².